The van der Waals surface area contributed by atoms with E-state index in [-0.39, 0.29) is 24.4 Å². The fourth-order valence-corrected chi connectivity index (χ4v) is 3.84. The number of aromatic nitrogens is 1. The molecule has 0 saturated carbocycles. The van der Waals surface area contributed by atoms with E-state index in [1.54, 1.807) is 36.4 Å². The number of anilines is 1. The third-order valence-electron chi connectivity index (χ3n) is 5.12. The number of aliphatic hydroxyl groups excluding tert-OH is 1. The second-order valence-electron chi connectivity index (χ2n) is 7.08. The van der Waals surface area contributed by atoms with E-state index in [9.17, 15) is 14.3 Å². The van der Waals surface area contributed by atoms with Gasteiger partial charge in [-0.25, -0.2) is 9.37 Å². The number of halogens is 2. The van der Waals surface area contributed by atoms with Crippen LogP contribution in [0.3, 0.4) is 0 Å². The molecule has 1 N–H and O–H groups in total. The van der Waals surface area contributed by atoms with Gasteiger partial charge in [-0.1, -0.05) is 23.7 Å². The highest BCUT2D eigenvalue weighted by molar-refractivity contribution is 6.35. The fraction of sp³-hybridized carbons (Fsp3) is 0.217. The summed E-state index contributed by atoms with van der Waals surface area (Å²) in [7, 11) is 0. The van der Waals surface area contributed by atoms with Crippen LogP contribution in [0, 0.1) is 5.82 Å². The van der Waals surface area contributed by atoms with Crippen molar-refractivity contribution in [3.8, 4) is 5.88 Å². The number of carbonyl (C=O) groups is 1. The van der Waals surface area contributed by atoms with Gasteiger partial charge in [0.25, 0.3) is 5.88 Å². The predicted octanol–water partition coefficient (Wildman–Crippen LogP) is 4.26. The van der Waals surface area contributed by atoms with E-state index in [4.69, 9.17) is 16.3 Å². The molecule has 7 heteroatoms. The first-order valence-electron chi connectivity index (χ1n) is 9.62. The number of hydrogen-bond acceptors (Lipinski definition) is 5. The zero-order chi connectivity index (χ0) is 21.1. The lowest BCUT2D eigenvalue weighted by molar-refractivity contribution is 0.103. The lowest BCUT2D eigenvalue weighted by atomic mass is 10.00. The molecule has 5 nitrogen and oxygen atoms in total. The van der Waals surface area contributed by atoms with Crippen molar-refractivity contribution in [1.29, 1.82) is 0 Å². The highest BCUT2D eigenvalue weighted by Crippen LogP contribution is 2.29. The van der Waals surface area contributed by atoms with Crippen LogP contribution in [0.4, 0.5) is 10.1 Å². The number of ether oxygens (including phenoxy) is 1. The van der Waals surface area contributed by atoms with Crippen molar-refractivity contribution < 1.29 is 19.0 Å². The summed E-state index contributed by atoms with van der Waals surface area (Å²) in [5.41, 5.74) is 2.33. The molecule has 0 spiro atoms. The number of hydrogen-bond donors (Lipinski definition) is 1. The van der Waals surface area contributed by atoms with Crippen LogP contribution in [0.25, 0.3) is 0 Å². The number of pyridine rings is 1. The first-order valence-corrected chi connectivity index (χ1v) is 9.99. The van der Waals surface area contributed by atoms with Gasteiger partial charge in [0.05, 0.1) is 18.2 Å². The number of benzene rings is 2. The molecule has 2 heterocycles. The molecule has 1 aliphatic rings. The number of carbonyl (C=O) groups excluding carboxylic acids is 1. The third-order valence-corrected chi connectivity index (χ3v) is 5.45. The Hall–Kier alpha value is -2.96. The van der Waals surface area contributed by atoms with Crippen LogP contribution < -0.4 is 9.64 Å². The first kappa shape index (κ1) is 20.3. The molecular weight excluding hydrogens is 407 g/mol. The van der Waals surface area contributed by atoms with Gasteiger partial charge >= 0.3 is 0 Å². The third kappa shape index (κ3) is 4.15. The maximum atomic E-state index is 13.8. The van der Waals surface area contributed by atoms with Crippen molar-refractivity contribution in [3.05, 3.63) is 88.3 Å². The Morgan fingerprint density at radius 3 is 2.83 bits per heavy atom. The summed E-state index contributed by atoms with van der Waals surface area (Å²) in [5, 5.41) is 10.3. The van der Waals surface area contributed by atoms with Crippen LogP contribution in [-0.4, -0.2) is 35.1 Å². The maximum absolute atomic E-state index is 13.8. The van der Waals surface area contributed by atoms with Crippen LogP contribution in [-0.2, 0) is 6.61 Å². The predicted molar refractivity (Wildman–Crippen MR) is 113 cm³/mol. The molecule has 0 amide bonds. The second kappa shape index (κ2) is 8.81. The molecule has 1 aromatic heterocycles. The largest absolute Gasteiger partial charge is 0.470 e. The van der Waals surface area contributed by atoms with Gasteiger partial charge in [0.2, 0.25) is 0 Å². The highest BCUT2D eigenvalue weighted by Gasteiger charge is 2.27. The Bertz CT molecular complexity index is 1080. The Balaban J connectivity index is 1.52. The summed E-state index contributed by atoms with van der Waals surface area (Å²) in [6.07, 6.45) is 1.97. The van der Waals surface area contributed by atoms with Crippen molar-refractivity contribution in [2.75, 3.05) is 18.0 Å². The number of aliphatic hydroxyl groups is 1. The molecule has 1 saturated heterocycles. The van der Waals surface area contributed by atoms with Crippen molar-refractivity contribution in [2.45, 2.75) is 19.1 Å². The van der Waals surface area contributed by atoms with Crippen LogP contribution in [0.2, 0.25) is 5.02 Å². The van der Waals surface area contributed by atoms with Crippen molar-refractivity contribution in [1.82, 2.24) is 4.98 Å². The highest BCUT2D eigenvalue weighted by atomic mass is 35.5. The average molecular weight is 427 g/mol. The molecule has 1 fully saturated rings. The van der Waals surface area contributed by atoms with Crippen molar-refractivity contribution in [3.63, 3.8) is 0 Å². The summed E-state index contributed by atoms with van der Waals surface area (Å²) < 4.78 is 19.5. The Labute approximate surface area is 178 Å². The molecule has 1 unspecified atom stereocenters. The van der Waals surface area contributed by atoms with Gasteiger partial charge in [-0.05, 0) is 42.5 Å². The molecule has 0 aliphatic carbocycles. The maximum Gasteiger partial charge on any atom is 0.250 e. The smallest absolute Gasteiger partial charge is 0.250 e. The van der Waals surface area contributed by atoms with Crippen LogP contribution in [0.5, 0.6) is 5.88 Å². The molecule has 0 bridgehead atoms. The van der Waals surface area contributed by atoms with E-state index in [2.05, 4.69) is 9.88 Å². The topological polar surface area (TPSA) is 62.7 Å². The van der Waals surface area contributed by atoms with Crippen LogP contribution >= 0.6 is 11.6 Å². The van der Waals surface area contributed by atoms with Gasteiger partial charge in [0.15, 0.2) is 11.6 Å². The number of ketones is 1. The molecule has 0 radical (unpaired) electrons. The lowest BCUT2D eigenvalue weighted by Crippen LogP contribution is -2.26. The van der Waals surface area contributed by atoms with Gasteiger partial charge in [0.1, 0.15) is 6.10 Å². The van der Waals surface area contributed by atoms with Gasteiger partial charge < -0.3 is 14.7 Å². The average Bonchev–Trinajstić information content (AvgIpc) is 3.23. The molecule has 154 valence electrons. The van der Waals surface area contributed by atoms with Gasteiger partial charge in [-0.2, -0.15) is 0 Å². The van der Waals surface area contributed by atoms with E-state index in [0.29, 0.717) is 41.2 Å². The quantitative estimate of drug-likeness (QED) is 0.597. The molecule has 1 aliphatic heterocycles. The van der Waals surface area contributed by atoms with E-state index in [1.165, 1.54) is 18.3 Å². The summed E-state index contributed by atoms with van der Waals surface area (Å²) >= 11 is 6.15. The molecule has 3 aromatic rings. The minimum atomic E-state index is -0.491. The Kier molecular flexibility index (Phi) is 5.97. The molecule has 4 rings (SSSR count). The van der Waals surface area contributed by atoms with E-state index in [1.807, 2.05) is 6.07 Å². The molecule has 1 atom stereocenters. The minimum Gasteiger partial charge on any atom is -0.470 e. The standard InChI is InChI=1S/C23H20ClFN2O3/c24-19-5-2-1-4-18(19)22(29)15-7-8-21(16(12-15)14-28)27-11-9-17(13-27)30-23-20(25)6-3-10-26-23/h1-8,10,12,17,28H,9,11,13-14H2. The van der Waals surface area contributed by atoms with E-state index in [0.717, 1.165) is 5.69 Å². The Morgan fingerprint density at radius 2 is 2.07 bits per heavy atom. The number of rotatable bonds is 6. The second-order valence-corrected chi connectivity index (χ2v) is 7.48. The normalized spacial score (nSPS) is 16.0. The summed E-state index contributed by atoms with van der Waals surface area (Å²) in [5.74, 6) is -0.697. The molecule has 2 aromatic carbocycles. The van der Waals surface area contributed by atoms with Gasteiger partial charge in [0, 0.05) is 41.5 Å². The molecule has 30 heavy (non-hydrogen) atoms. The zero-order valence-electron chi connectivity index (χ0n) is 16.1. The van der Waals surface area contributed by atoms with Crippen molar-refractivity contribution in [2.24, 2.45) is 0 Å². The van der Waals surface area contributed by atoms with Gasteiger partial charge in [-0.15, -0.1) is 0 Å². The Morgan fingerprint density at radius 1 is 1.23 bits per heavy atom. The van der Waals surface area contributed by atoms with Gasteiger partial charge in [-0.3, -0.25) is 4.79 Å². The summed E-state index contributed by atoms with van der Waals surface area (Å²) in [6.45, 7) is 1.00. The summed E-state index contributed by atoms with van der Waals surface area (Å²) in [4.78, 5) is 18.8. The number of nitrogens with zero attached hydrogens (tertiary/aromatic N) is 2. The fourth-order valence-electron chi connectivity index (χ4n) is 3.62. The minimum absolute atomic E-state index is 0.00702. The SMILES string of the molecule is O=C(c1ccc(N2CCC(Oc3ncccc3F)C2)c(CO)c1)c1ccccc1Cl. The summed E-state index contributed by atoms with van der Waals surface area (Å²) in [6, 6.07) is 14.9. The van der Waals surface area contributed by atoms with E-state index >= 15 is 0 Å². The van der Waals surface area contributed by atoms with Crippen molar-refractivity contribution >= 4 is 23.1 Å². The first-order chi connectivity index (χ1) is 14.6. The van der Waals surface area contributed by atoms with Crippen LogP contribution in [0.15, 0.2) is 60.8 Å². The lowest BCUT2D eigenvalue weighted by Gasteiger charge is -2.22. The monoisotopic (exact) mass is 426 g/mol. The zero-order valence-corrected chi connectivity index (χ0v) is 16.8. The van der Waals surface area contributed by atoms with E-state index < -0.39 is 5.82 Å². The van der Waals surface area contributed by atoms with Crippen LogP contribution in [0.1, 0.15) is 27.9 Å². The molecular formula is C23H20ClFN2O3.